The SMILES string of the molecule is Clc1ccc(C2Cc3cnc(Nc4ccc(OCc5ccco5)cc4)nc3-c3ccccc32)cc1. The largest absolute Gasteiger partial charge is 0.486 e. The van der Waals surface area contributed by atoms with Crippen molar-refractivity contribution in [3.8, 4) is 17.0 Å². The first-order valence-electron chi connectivity index (χ1n) is 11.5. The number of benzene rings is 3. The number of aromatic nitrogens is 2. The number of rotatable bonds is 6. The monoisotopic (exact) mass is 479 g/mol. The molecule has 2 heterocycles. The van der Waals surface area contributed by atoms with Crippen LogP contribution in [0.2, 0.25) is 5.02 Å². The molecule has 0 radical (unpaired) electrons. The molecule has 0 bridgehead atoms. The molecule has 6 rings (SSSR count). The van der Waals surface area contributed by atoms with Crippen molar-refractivity contribution in [2.24, 2.45) is 0 Å². The summed E-state index contributed by atoms with van der Waals surface area (Å²) in [5, 5.41) is 4.06. The Kier molecular flexibility index (Phi) is 5.68. The third kappa shape index (κ3) is 4.51. The molecule has 0 saturated heterocycles. The number of anilines is 2. The molecule has 5 aromatic rings. The number of halogens is 1. The van der Waals surface area contributed by atoms with Gasteiger partial charge in [0.2, 0.25) is 5.95 Å². The first-order chi connectivity index (χ1) is 17.2. The summed E-state index contributed by atoms with van der Waals surface area (Å²) in [5.41, 5.74) is 6.64. The minimum atomic E-state index is 0.243. The third-order valence-electron chi connectivity index (χ3n) is 6.22. The summed E-state index contributed by atoms with van der Waals surface area (Å²) in [6, 6.07) is 28.0. The lowest BCUT2D eigenvalue weighted by atomic mass is 9.78. The maximum atomic E-state index is 6.12. The van der Waals surface area contributed by atoms with E-state index in [4.69, 9.17) is 25.7 Å². The van der Waals surface area contributed by atoms with Crippen molar-refractivity contribution in [2.45, 2.75) is 18.9 Å². The van der Waals surface area contributed by atoms with Gasteiger partial charge in [0.05, 0.1) is 12.0 Å². The second kappa shape index (κ2) is 9.28. The second-order valence-electron chi connectivity index (χ2n) is 8.48. The van der Waals surface area contributed by atoms with Crippen LogP contribution in [0.25, 0.3) is 11.3 Å². The molecule has 5 nitrogen and oxygen atoms in total. The van der Waals surface area contributed by atoms with Crippen molar-refractivity contribution < 1.29 is 9.15 Å². The van der Waals surface area contributed by atoms with Gasteiger partial charge in [0.1, 0.15) is 18.1 Å². The molecule has 0 fully saturated rings. The normalized spacial score (nSPS) is 14.1. The molecule has 2 aromatic heterocycles. The molecule has 35 heavy (non-hydrogen) atoms. The van der Waals surface area contributed by atoms with Gasteiger partial charge in [-0.2, -0.15) is 0 Å². The van der Waals surface area contributed by atoms with Gasteiger partial charge < -0.3 is 14.5 Å². The molecule has 1 atom stereocenters. The number of ether oxygens (including phenoxy) is 1. The van der Waals surface area contributed by atoms with E-state index in [1.807, 2.05) is 54.7 Å². The summed E-state index contributed by atoms with van der Waals surface area (Å²) in [6.45, 7) is 0.393. The third-order valence-corrected chi connectivity index (χ3v) is 6.48. The van der Waals surface area contributed by atoms with E-state index in [0.717, 1.165) is 45.5 Å². The van der Waals surface area contributed by atoms with Gasteiger partial charge in [-0.15, -0.1) is 0 Å². The van der Waals surface area contributed by atoms with Gasteiger partial charge in [0, 0.05) is 28.4 Å². The Hall–Kier alpha value is -4.09. The van der Waals surface area contributed by atoms with Gasteiger partial charge in [0.25, 0.3) is 0 Å². The molecule has 0 saturated carbocycles. The molecule has 1 unspecified atom stereocenters. The summed E-state index contributed by atoms with van der Waals surface area (Å²) < 4.78 is 11.1. The summed E-state index contributed by atoms with van der Waals surface area (Å²) in [5.74, 6) is 2.36. The lowest BCUT2D eigenvalue weighted by Gasteiger charge is -2.27. The highest BCUT2D eigenvalue weighted by atomic mass is 35.5. The van der Waals surface area contributed by atoms with Crippen LogP contribution in [0.15, 0.2) is 102 Å². The maximum Gasteiger partial charge on any atom is 0.227 e. The molecule has 172 valence electrons. The van der Waals surface area contributed by atoms with E-state index in [9.17, 15) is 0 Å². The average molecular weight is 480 g/mol. The zero-order valence-electron chi connectivity index (χ0n) is 18.8. The molecule has 6 heteroatoms. The van der Waals surface area contributed by atoms with Gasteiger partial charge in [-0.25, -0.2) is 9.97 Å². The topological polar surface area (TPSA) is 60.2 Å². The van der Waals surface area contributed by atoms with Crippen molar-refractivity contribution in [3.05, 3.63) is 125 Å². The standard InChI is InChI=1S/C29H22ClN3O2/c30-21-9-7-19(8-10-21)27-16-20-17-31-29(33-28(20)26-6-2-1-5-25(26)27)32-22-11-13-23(14-12-22)35-18-24-4-3-15-34-24/h1-15,17,27H,16,18H2,(H,31,32,33). The summed E-state index contributed by atoms with van der Waals surface area (Å²) in [6.07, 6.45) is 4.42. The van der Waals surface area contributed by atoms with E-state index >= 15 is 0 Å². The van der Waals surface area contributed by atoms with E-state index in [2.05, 4.69) is 46.7 Å². The fourth-order valence-corrected chi connectivity index (χ4v) is 4.63. The van der Waals surface area contributed by atoms with Crippen molar-refractivity contribution in [3.63, 3.8) is 0 Å². The van der Waals surface area contributed by atoms with Crippen LogP contribution in [0.5, 0.6) is 5.75 Å². The first-order valence-corrected chi connectivity index (χ1v) is 11.8. The van der Waals surface area contributed by atoms with Crippen molar-refractivity contribution >= 4 is 23.2 Å². The lowest BCUT2D eigenvalue weighted by molar-refractivity contribution is 0.270. The van der Waals surface area contributed by atoms with Gasteiger partial charge in [-0.1, -0.05) is 48.0 Å². The number of hydrogen-bond acceptors (Lipinski definition) is 5. The fourth-order valence-electron chi connectivity index (χ4n) is 4.50. The molecular formula is C29H22ClN3O2. The van der Waals surface area contributed by atoms with E-state index < -0.39 is 0 Å². The van der Waals surface area contributed by atoms with Gasteiger partial charge >= 0.3 is 0 Å². The minimum absolute atomic E-state index is 0.243. The molecular weight excluding hydrogens is 458 g/mol. The number of nitrogens with one attached hydrogen (secondary N) is 1. The zero-order valence-corrected chi connectivity index (χ0v) is 19.6. The van der Waals surface area contributed by atoms with Gasteiger partial charge in [-0.3, -0.25) is 0 Å². The Morgan fingerprint density at radius 2 is 1.77 bits per heavy atom. The highest BCUT2D eigenvalue weighted by molar-refractivity contribution is 6.30. The summed E-state index contributed by atoms with van der Waals surface area (Å²) in [4.78, 5) is 9.51. The first kappa shape index (κ1) is 21.4. The van der Waals surface area contributed by atoms with Crippen molar-refractivity contribution in [1.29, 1.82) is 0 Å². The number of fused-ring (bicyclic) bond motifs is 3. The van der Waals surface area contributed by atoms with Crippen LogP contribution in [0.1, 0.15) is 28.4 Å². The Bertz CT molecular complexity index is 1450. The quantitative estimate of drug-likeness (QED) is 0.275. The average Bonchev–Trinajstić information content (AvgIpc) is 3.42. The number of hydrogen-bond donors (Lipinski definition) is 1. The van der Waals surface area contributed by atoms with Gasteiger partial charge in [0.15, 0.2) is 0 Å². The van der Waals surface area contributed by atoms with Crippen LogP contribution in [-0.4, -0.2) is 9.97 Å². The molecule has 1 aliphatic carbocycles. The highest BCUT2D eigenvalue weighted by Gasteiger charge is 2.27. The molecule has 0 amide bonds. The predicted octanol–water partition coefficient (Wildman–Crippen LogP) is 7.40. The van der Waals surface area contributed by atoms with Crippen molar-refractivity contribution in [2.75, 3.05) is 5.32 Å². The number of nitrogens with zero attached hydrogens (tertiary/aromatic N) is 2. The van der Waals surface area contributed by atoms with E-state index in [-0.39, 0.29) is 5.92 Å². The summed E-state index contributed by atoms with van der Waals surface area (Å²) >= 11 is 6.12. The molecule has 1 aliphatic rings. The smallest absolute Gasteiger partial charge is 0.227 e. The van der Waals surface area contributed by atoms with E-state index in [1.165, 1.54) is 11.1 Å². The van der Waals surface area contributed by atoms with Crippen LogP contribution < -0.4 is 10.1 Å². The van der Waals surface area contributed by atoms with Crippen LogP contribution in [0.3, 0.4) is 0 Å². The molecule has 0 spiro atoms. The van der Waals surface area contributed by atoms with E-state index in [1.54, 1.807) is 6.26 Å². The Morgan fingerprint density at radius 1 is 0.943 bits per heavy atom. The van der Waals surface area contributed by atoms with Crippen LogP contribution in [0, 0.1) is 0 Å². The maximum absolute atomic E-state index is 6.12. The molecule has 3 aromatic carbocycles. The predicted molar refractivity (Wildman–Crippen MR) is 137 cm³/mol. The lowest BCUT2D eigenvalue weighted by Crippen LogP contribution is -2.15. The van der Waals surface area contributed by atoms with Crippen LogP contribution in [-0.2, 0) is 13.0 Å². The van der Waals surface area contributed by atoms with Gasteiger partial charge in [-0.05, 0) is 71.6 Å². The zero-order chi connectivity index (χ0) is 23.6. The van der Waals surface area contributed by atoms with Crippen LogP contribution in [0.4, 0.5) is 11.6 Å². The van der Waals surface area contributed by atoms with Crippen molar-refractivity contribution in [1.82, 2.24) is 9.97 Å². The minimum Gasteiger partial charge on any atom is -0.486 e. The second-order valence-corrected chi connectivity index (χ2v) is 8.92. The Balaban J connectivity index is 1.23. The Labute approximate surface area is 208 Å². The number of furan rings is 1. The molecule has 0 aliphatic heterocycles. The highest BCUT2D eigenvalue weighted by Crippen LogP contribution is 2.42. The van der Waals surface area contributed by atoms with Crippen LogP contribution >= 0.6 is 11.6 Å². The molecule has 1 N–H and O–H groups in total. The fraction of sp³-hybridized carbons (Fsp3) is 0.103. The Morgan fingerprint density at radius 3 is 2.57 bits per heavy atom. The summed E-state index contributed by atoms with van der Waals surface area (Å²) in [7, 11) is 0. The van der Waals surface area contributed by atoms with E-state index in [0.29, 0.717) is 12.6 Å².